The van der Waals surface area contributed by atoms with E-state index in [1.165, 1.54) is 25.7 Å². The van der Waals surface area contributed by atoms with Gasteiger partial charge in [0, 0.05) is 0 Å². The van der Waals surface area contributed by atoms with E-state index in [-0.39, 0.29) is 0 Å². The van der Waals surface area contributed by atoms with Crippen LogP contribution in [-0.2, 0) is 0 Å². The van der Waals surface area contributed by atoms with Crippen LogP contribution in [0.15, 0.2) is 0 Å². The highest BCUT2D eigenvalue weighted by Crippen LogP contribution is 2.26. The molecule has 0 bridgehead atoms. The van der Waals surface area contributed by atoms with Gasteiger partial charge in [0.25, 0.3) is 0 Å². The molecule has 0 radical (unpaired) electrons. The van der Waals surface area contributed by atoms with E-state index in [0.29, 0.717) is 0 Å². The van der Waals surface area contributed by atoms with Crippen LogP contribution in [0.25, 0.3) is 0 Å². The molecule has 0 atom stereocenters. The zero-order valence-electron chi connectivity index (χ0n) is 4.41. The van der Waals surface area contributed by atoms with E-state index in [9.17, 15) is 0 Å². The molecule has 0 nitrogen and oxygen atoms in total. The van der Waals surface area contributed by atoms with Crippen LogP contribution >= 0.6 is 0 Å². The molecule has 0 aromatic heterocycles. The van der Waals surface area contributed by atoms with Crippen molar-refractivity contribution in [1.82, 2.24) is 0 Å². The molecule has 1 saturated carbocycles. The fourth-order valence-electron chi connectivity index (χ4n) is 1.13. The van der Waals surface area contributed by atoms with Gasteiger partial charge in [-0.15, -0.1) is 0 Å². The van der Waals surface area contributed by atoms with E-state index in [1.54, 1.807) is 0 Å². The van der Waals surface area contributed by atoms with Gasteiger partial charge in [-0.05, 0) is 0 Å². The standard InChI is InChI=1S/C5H11B/c6-5-3-1-2-4-5/h5H,1-4,6H2. The first-order chi connectivity index (χ1) is 2.89. The third kappa shape index (κ3) is 0.765. The highest BCUT2D eigenvalue weighted by atomic mass is 14.1. The second-order valence-electron chi connectivity index (χ2n) is 2.39. The highest BCUT2D eigenvalue weighted by molar-refractivity contribution is 6.11. The Hall–Kier alpha value is 0.0649. The first-order valence-corrected chi connectivity index (χ1v) is 2.89. The molecule has 6 heavy (non-hydrogen) atoms. The maximum atomic E-state index is 2.34. The summed E-state index contributed by atoms with van der Waals surface area (Å²) in [5.41, 5.74) is 0. The molecule has 0 spiro atoms. The molecule has 0 unspecified atom stereocenters. The topological polar surface area (TPSA) is 0 Å². The summed E-state index contributed by atoms with van der Waals surface area (Å²) >= 11 is 0. The van der Waals surface area contributed by atoms with E-state index >= 15 is 0 Å². The molecule has 0 heterocycles. The van der Waals surface area contributed by atoms with Crippen molar-refractivity contribution in [3.8, 4) is 0 Å². The summed E-state index contributed by atoms with van der Waals surface area (Å²) in [6, 6.07) is 0. The Kier molecular flexibility index (Phi) is 1.18. The molecule has 0 aromatic rings. The second kappa shape index (κ2) is 1.68. The largest absolute Gasteiger partial charge is 0.105 e. The van der Waals surface area contributed by atoms with Crippen molar-refractivity contribution < 1.29 is 0 Å². The maximum absolute atomic E-state index is 2.34. The third-order valence-corrected chi connectivity index (χ3v) is 1.64. The maximum Gasteiger partial charge on any atom is 0.105 e. The van der Waals surface area contributed by atoms with Gasteiger partial charge in [-0.2, -0.15) is 0 Å². The molecule has 1 aliphatic rings. The first-order valence-electron chi connectivity index (χ1n) is 2.89. The fraction of sp³-hybridized carbons (Fsp3) is 1.00. The van der Waals surface area contributed by atoms with Crippen LogP contribution in [0.4, 0.5) is 0 Å². The monoisotopic (exact) mass is 82.1 g/mol. The lowest BCUT2D eigenvalue weighted by Crippen LogP contribution is -1.77. The normalized spacial score (nSPS) is 25.3. The Balaban J connectivity index is 2.18. The molecule has 0 aromatic carbocycles. The smallest absolute Gasteiger partial charge is 0.0697 e. The minimum Gasteiger partial charge on any atom is -0.0697 e. The van der Waals surface area contributed by atoms with Gasteiger partial charge in [-0.3, -0.25) is 0 Å². The Morgan fingerprint density at radius 3 is 1.83 bits per heavy atom. The van der Waals surface area contributed by atoms with Crippen molar-refractivity contribution in [2.24, 2.45) is 0 Å². The average Bonchev–Trinajstić information content (AvgIpc) is 1.86. The van der Waals surface area contributed by atoms with Crippen molar-refractivity contribution >= 4 is 7.85 Å². The molecule has 1 aliphatic carbocycles. The molecular weight excluding hydrogens is 70.9 g/mol. The summed E-state index contributed by atoms with van der Waals surface area (Å²) in [6.45, 7) is 0. The average molecular weight is 82.0 g/mol. The van der Waals surface area contributed by atoms with Crippen LogP contribution in [0, 0.1) is 0 Å². The van der Waals surface area contributed by atoms with Crippen LogP contribution in [0.5, 0.6) is 0 Å². The molecule has 0 N–H and O–H groups in total. The van der Waals surface area contributed by atoms with Gasteiger partial charge in [-0.1, -0.05) is 31.5 Å². The predicted octanol–water partition coefficient (Wildman–Crippen LogP) is 0.982. The van der Waals surface area contributed by atoms with E-state index in [0.717, 1.165) is 5.82 Å². The summed E-state index contributed by atoms with van der Waals surface area (Å²) in [5.74, 6) is 1.05. The van der Waals surface area contributed by atoms with Gasteiger partial charge in [-0.25, -0.2) is 0 Å². The van der Waals surface area contributed by atoms with E-state index in [1.807, 2.05) is 0 Å². The zero-order chi connectivity index (χ0) is 4.41. The summed E-state index contributed by atoms with van der Waals surface area (Å²) in [5, 5.41) is 0. The zero-order valence-corrected chi connectivity index (χ0v) is 4.41. The number of hydrogen-bond acceptors (Lipinski definition) is 0. The Morgan fingerprint density at radius 1 is 1.17 bits per heavy atom. The molecular formula is C5H11B. The van der Waals surface area contributed by atoms with Crippen LogP contribution in [0.2, 0.25) is 5.82 Å². The summed E-state index contributed by atoms with van der Waals surface area (Å²) < 4.78 is 0. The van der Waals surface area contributed by atoms with Crippen molar-refractivity contribution in [2.45, 2.75) is 31.5 Å². The lowest BCUT2D eigenvalue weighted by Gasteiger charge is -1.90. The molecule has 34 valence electrons. The number of hydrogen-bond donors (Lipinski definition) is 0. The van der Waals surface area contributed by atoms with Crippen LogP contribution in [-0.4, -0.2) is 7.85 Å². The van der Waals surface area contributed by atoms with E-state index in [2.05, 4.69) is 7.85 Å². The SMILES string of the molecule is BC1CCCC1. The van der Waals surface area contributed by atoms with Gasteiger partial charge in [0.15, 0.2) is 0 Å². The molecule has 0 saturated heterocycles. The molecule has 1 rings (SSSR count). The fourth-order valence-corrected chi connectivity index (χ4v) is 1.13. The van der Waals surface area contributed by atoms with Gasteiger partial charge < -0.3 is 0 Å². The molecule has 1 heteroatoms. The third-order valence-electron chi connectivity index (χ3n) is 1.64. The lowest BCUT2D eigenvalue weighted by atomic mass is 9.86. The minimum absolute atomic E-state index is 1.05. The van der Waals surface area contributed by atoms with Crippen LogP contribution in [0.3, 0.4) is 0 Å². The predicted molar refractivity (Wildman–Crippen MR) is 30.8 cm³/mol. The number of rotatable bonds is 0. The minimum atomic E-state index is 1.05. The summed E-state index contributed by atoms with van der Waals surface area (Å²) in [6.07, 6.45) is 5.95. The first kappa shape index (κ1) is 4.23. The molecule has 0 amide bonds. The van der Waals surface area contributed by atoms with Crippen LogP contribution in [0.1, 0.15) is 25.7 Å². The summed E-state index contributed by atoms with van der Waals surface area (Å²) in [7, 11) is 2.34. The van der Waals surface area contributed by atoms with Crippen molar-refractivity contribution in [3.05, 3.63) is 0 Å². The van der Waals surface area contributed by atoms with Crippen molar-refractivity contribution in [1.29, 1.82) is 0 Å². The Morgan fingerprint density at radius 2 is 1.67 bits per heavy atom. The van der Waals surface area contributed by atoms with Gasteiger partial charge >= 0.3 is 0 Å². The highest BCUT2D eigenvalue weighted by Gasteiger charge is 2.07. The van der Waals surface area contributed by atoms with E-state index < -0.39 is 0 Å². The van der Waals surface area contributed by atoms with Crippen molar-refractivity contribution in [2.75, 3.05) is 0 Å². The molecule has 1 fully saturated rings. The van der Waals surface area contributed by atoms with Crippen molar-refractivity contribution in [3.63, 3.8) is 0 Å². The lowest BCUT2D eigenvalue weighted by molar-refractivity contribution is 0.880. The van der Waals surface area contributed by atoms with Gasteiger partial charge in [0.2, 0.25) is 0 Å². The second-order valence-corrected chi connectivity index (χ2v) is 2.39. The van der Waals surface area contributed by atoms with E-state index in [4.69, 9.17) is 0 Å². The van der Waals surface area contributed by atoms with Gasteiger partial charge in [0.05, 0.1) is 0 Å². The Labute approximate surface area is 40.3 Å². The molecule has 0 aliphatic heterocycles. The van der Waals surface area contributed by atoms with Gasteiger partial charge in [0.1, 0.15) is 7.85 Å². The van der Waals surface area contributed by atoms with Crippen LogP contribution < -0.4 is 0 Å². The Bertz CT molecular complexity index is 37.2. The quantitative estimate of drug-likeness (QED) is 0.382. The summed E-state index contributed by atoms with van der Waals surface area (Å²) in [4.78, 5) is 0.